The van der Waals surface area contributed by atoms with Gasteiger partial charge in [-0.15, -0.1) is 0 Å². The Hall–Kier alpha value is -1.36. The van der Waals surface area contributed by atoms with Gasteiger partial charge in [0.2, 0.25) is 0 Å². The highest BCUT2D eigenvalue weighted by molar-refractivity contribution is 6.34. The maximum Gasteiger partial charge on any atom is 0.416 e. The molecule has 0 heterocycles. The van der Waals surface area contributed by atoms with Crippen molar-refractivity contribution in [2.24, 2.45) is 0 Å². The van der Waals surface area contributed by atoms with Crippen LogP contribution in [0.5, 0.6) is 0 Å². The zero-order valence-electron chi connectivity index (χ0n) is 8.77. The van der Waals surface area contributed by atoms with Gasteiger partial charge < -0.3 is 0 Å². The number of carbonyl (C=O) groups excluding carboxylic acids is 2. The maximum atomic E-state index is 12.3. The van der Waals surface area contributed by atoms with Gasteiger partial charge in [-0.3, -0.25) is 9.59 Å². The van der Waals surface area contributed by atoms with E-state index in [4.69, 9.17) is 11.6 Å². The van der Waals surface area contributed by atoms with Crippen molar-refractivity contribution in [2.45, 2.75) is 19.5 Å². The highest BCUT2D eigenvalue weighted by Crippen LogP contribution is 2.32. The molecule has 0 spiro atoms. The average Bonchev–Trinajstić information content (AvgIpc) is 2.14. The molecule has 1 rings (SSSR count). The predicted molar refractivity (Wildman–Crippen MR) is 56.1 cm³/mol. The van der Waals surface area contributed by atoms with Gasteiger partial charge in [0.25, 0.3) is 0 Å². The smallest absolute Gasteiger partial charge is 0.300 e. The van der Waals surface area contributed by atoms with Crippen LogP contribution in [-0.4, -0.2) is 11.6 Å². The molecule has 6 heteroatoms. The normalized spacial score (nSPS) is 11.4. The summed E-state index contributed by atoms with van der Waals surface area (Å²) in [4.78, 5) is 22.2. The lowest BCUT2D eigenvalue weighted by Gasteiger charge is -2.08. The van der Waals surface area contributed by atoms with Crippen LogP contribution in [0.1, 0.15) is 29.3 Å². The first-order chi connectivity index (χ1) is 7.71. The van der Waals surface area contributed by atoms with Crippen LogP contribution in [-0.2, 0) is 11.0 Å². The predicted octanol–water partition coefficient (Wildman–Crippen LogP) is 3.52. The first-order valence-corrected chi connectivity index (χ1v) is 4.99. The summed E-state index contributed by atoms with van der Waals surface area (Å²) < 4.78 is 36.9. The van der Waals surface area contributed by atoms with Crippen molar-refractivity contribution in [3.8, 4) is 0 Å². The first-order valence-electron chi connectivity index (χ1n) is 4.61. The van der Waals surface area contributed by atoms with Crippen molar-refractivity contribution in [3.63, 3.8) is 0 Å². The quantitative estimate of drug-likeness (QED) is 0.618. The molecule has 0 aliphatic heterocycles. The molecule has 0 aliphatic carbocycles. The fourth-order valence-corrected chi connectivity index (χ4v) is 1.52. The topological polar surface area (TPSA) is 34.1 Å². The Morgan fingerprint density at radius 2 is 1.88 bits per heavy atom. The van der Waals surface area contributed by atoms with E-state index in [-0.39, 0.29) is 22.8 Å². The van der Waals surface area contributed by atoms with E-state index in [0.717, 1.165) is 12.1 Å². The van der Waals surface area contributed by atoms with Crippen LogP contribution in [0.3, 0.4) is 0 Å². The molecule has 1 aromatic rings. The summed E-state index contributed by atoms with van der Waals surface area (Å²) in [5, 5.41) is -0.300. The van der Waals surface area contributed by atoms with Crippen molar-refractivity contribution in [3.05, 3.63) is 34.3 Å². The van der Waals surface area contributed by atoms with E-state index in [1.54, 1.807) is 0 Å². The molecular weight excluding hydrogens is 257 g/mol. The second-order valence-corrected chi connectivity index (χ2v) is 3.90. The van der Waals surface area contributed by atoms with Crippen molar-refractivity contribution in [1.82, 2.24) is 0 Å². The van der Waals surface area contributed by atoms with E-state index < -0.39 is 17.5 Å². The fraction of sp³-hybridized carbons (Fsp3) is 0.273. The Morgan fingerprint density at radius 1 is 1.29 bits per heavy atom. The van der Waals surface area contributed by atoms with Crippen LogP contribution in [0, 0.1) is 0 Å². The summed E-state index contributed by atoms with van der Waals surface area (Å²) in [6.07, 6.45) is -4.88. The van der Waals surface area contributed by atoms with Crippen LogP contribution < -0.4 is 0 Å². The van der Waals surface area contributed by atoms with E-state index in [2.05, 4.69) is 0 Å². The molecule has 2 nitrogen and oxygen atoms in total. The molecule has 92 valence electrons. The minimum Gasteiger partial charge on any atom is -0.300 e. The number of carbonyl (C=O) groups is 2. The van der Waals surface area contributed by atoms with E-state index in [1.807, 2.05) is 0 Å². The van der Waals surface area contributed by atoms with Gasteiger partial charge >= 0.3 is 6.18 Å². The van der Waals surface area contributed by atoms with Gasteiger partial charge in [-0.1, -0.05) is 11.6 Å². The van der Waals surface area contributed by atoms with Gasteiger partial charge in [-0.05, 0) is 25.1 Å². The number of Topliss-reactive ketones (excluding diaryl/α,β-unsaturated/α-hetero) is 2. The molecule has 0 saturated carbocycles. The summed E-state index contributed by atoms with van der Waals surface area (Å²) >= 11 is 5.58. The Kier molecular flexibility index (Phi) is 3.93. The average molecular weight is 265 g/mol. The second-order valence-electron chi connectivity index (χ2n) is 3.49. The molecule has 0 N–H and O–H groups in total. The molecule has 0 fully saturated rings. The van der Waals surface area contributed by atoms with Crippen LogP contribution in [0.4, 0.5) is 13.2 Å². The third kappa shape index (κ3) is 3.56. The van der Waals surface area contributed by atoms with E-state index in [0.29, 0.717) is 6.07 Å². The number of alkyl halides is 3. The summed E-state index contributed by atoms with van der Waals surface area (Å²) in [5.41, 5.74) is -1.00. The lowest BCUT2D eigenvalue weighted by molar-refractivity contribution is -0.137. The summed E-state index contributed by atoms with van der Waals surface area (Å²) in [6.45, 7) is 1.22. The Bertz CT molecular complexity index is 466. The van der Waals surface area contributed by atoms with E-state index in [1.165, 1.54) is 6.92 Å². The van der Waals surface area contributed by atoms with Gasteiger partial charge in [0.15, 0.2) is 5.78 Å². The molecule has 0 amide bonds. The summed E-state index contributed by atoms with van der Waals surface area (Å²) in [5.74, 6) is -0.956. The zero-order valence-corrected chi connectivity index (χ0v) is 9.52. The second kappa shape index (κ2) is 4.87. The molecule has 17 heavy (non-hydrogen) atoms. The Morgan fingerprint density at radius 3 is 2.29 bits per heavy atom. The van der Waals surface area contributed by atoms with Crippen LogP contribution in [0.15, 0.2) is 18.2 Å². The van der Waals surface area contributed by atoms with Crippen molar-refractivity contribution in [2.75, 3.05) is 0 Å². The highest BCUT2D eigenvalue weighted by atomic mass is 35.5. The van der Waals surface area contributed by atoms with Crippen molar-refractivity contribution < 1.29 is 22.8 Å². The largest absolute Gasteiger partial charge is 0.416 e. The van der Waals surface area contributed by atoms with Gasteiger partial charge in [0, 0.05) is 5.56 Å². The highest BCUT2D eigenvalue weighted by Gasteiger charge is 2.31. The maximum absolute atomic E-state index is 12.3. The molecular formula is C11H8ClF3O2. The minimum atomic E-state index is -4.51. The third-order valence-electron chi connectivity index (χ3n) is 2.01. The molecule has 1 aromatic carbocycles. The molecule has 0 saturated heterocycles. The standard InChI is InChI=1S/C11H8ClF3O2/c1-6(16)4-10(17)8-3-2-7(5-9(8)12)11(13,14)15/h2-3,5H,4H2,1H3. The van der Waals surface area contributed by atoms with Crippen molar-refractivity contribution in [1.29, 1.82) is 0 Å². The Labute approximate surface area is 100 Å². The van der Waals surface area contributed by atoms with Crippen molar-refractivity contribution >= 4 is 23.2 Å². The zero-order chi connectivity index (χ0) is 13.2. The molecule has 0 atom stereocenters. The molecule has 0 radical (unpaired) electrons. The third-order valence-corrected chi connectivity index (χ3v) is 2.32. The lowest BCUT2D eigenvalue weighted by Crippen LogP contribution is -2.09. The Balaban J connectivity index is 3.06. The van der Waals surface area contributed by atoms with Gasteiger partial charge in [0.1, 0.15) is 5.78 Å². The lowest BCUT2D eigenvalue weighted by atomic mass is 10.0. The molecule has 0 aromatic heterocycles. The van der Waals surface area contributed by atoms with Crippen LogP contribution in [0.2, 0.25) is 5.02 Å². The fourth-order valence-electron chi connectivity index (χ4n) is 1.24. The van der Waals surface area contributed by atoms with Gasteiger partial charge in [-0.25, -0.2) is 0 Å². The number of hydrogen-bond acceptors (Lipinski definition) is 2. The SMILES string of the molecule is CC(=O)CC(=O)c1ccc(C(F)(F)F)cc1Cl. The monoisotopic (exact) mass is 264 g/mol. The number of halogens is 4. The van der Waals surface area contributed by atoms with Gasteiger partial charge in [-0.2, -0.15) is 13.2 Å². The molecule has 0 bridgehead atoms. The van der Waals surface area contributed by atoms with Crippen LogP contribution >= 0.6 is 11.6 Å². The minimum absolute atomic E-state index is 0.0742. The first kappa shape index (κ1) is 13.7. The molecule has 0 aliphatic rings. The summed E-state index contributed by atoms with van der Waals surface area (Å²) in [6, 6.07) is 2.42. The summed E-state index contributed by atoms with van der Waals surface area (Å²) in [7, 11) is 0. The number of ketones is 2. The van der Waals surface area contributed by atoms with E-state index in [9.17, 15) is 22.8 Å². The van der Waals surface area contributed by atoms with Gasteiger partial charge in [0.05, 0.1) is 17.0 Å². The molecule has 0 unspecified atom stereocenters. The van der Waals surface area contributed by atoms with Crippen LogP contribution in [0.25, 0.3) is 0 Å². The number of rotatable bonds is 3. The van der Waals surface area contributed by atoms with E-state index >= 15 is 0 Å². The number of benzene rings is 1. The number of hydrogen-bond donors (Lipinski definition) is 0.